The fourth-order valence-electron chi connectivity index (χ4n) is 5.05. The van der Waals surface area contributed by atoms with E-state index in [1.165, 1.54) is 0 Å². The molecule has 0 saturated carbocycles. The quantitative estimate of drug-likeness (QED) is 0.250. The van der Waals surface area contributed by atoms with Gasteiger partial charge >= 0.3 is 0 Å². The minimum Gasteiger partial charge on any atom is -0.292 e. The largest absolute Gasteiger partial charge is 0.292 e. The van der Waals surface area contributed by atoms with Crippen LogP contribution in [0.1, 0.15) is 22.6 Å². The molecule has 0 aliphatic carbocycles. The van der Waals surface area contributed by atoms with Gasteiger partial charge in [-0.3, -0.25) is 8.97 Å². The molecule has 3 heterocycles. The van der Waals surface area contributed by atoms with E-state index in [9.17, 15) is 0 Å². The van der Waals surface area contributed by atoms with Gasteiger partial charge in [0, 0.05) is 22.2 Å². The Morgan fingerprint density at radius 2 is 1.42 bits per heavy atom. The normalized spacial score (nSPS) is 11.2. The molecule has 0 aliphatic rings. The highest BCUT2D eigenvalue weighted by atomic mass is 15.1. The fourth-order valence-corrected chi connectivity index (χ4v) is 5.05. The third kappa shape index (κ3) is 3.01. The molecule has 0 amide bonds. The summed E-state index contributed by atoms with van der Waals surface area (Å²) in [7, 11) is 0. The van der Waals surface area contributed by atoms with Crippen molar-refractivity contribution in [1.29, 1.82) is 0 Å². The van der Waals surface area contributed by atoms with Crippen molar-refractivity contribution in [2.75, 3.05) is 0 Å². The SMILES string of the molecule is C=Cc1nc(-c2ccc3c(c2)c(C=C)c(C=C)n2c4ccccc4nc32)n(-c2ccccc2)c1C=C. The van der Waals surface area contributed by atoms with Crippen molar-refractivity contribution in [2.24, 2.45) is 0 Å². The third-order valence-corrected chi connectivity index (χ3v) is 6.63. The van der Waals surface area contributed by atoms with Gasteiger partial charge in [-0.2, -0.15) is 0 Å². The first-order chi connectivity index (χ1) is 17.7. The van der Waals surface area contributed by atoms with Crippen molar-refractivity contribution in [3.8, 4) is 17.1 Å². The van der Waals surface area contributed by atoms with E-state index in [0.29, 0.717) is 0 Å². The molecular formula is C32H24N4. The van der Waals surface area contributed by atoms with Gasteiger partial charge in [-0.05, 0) is 60.0 Å². The van der Waals surface area contributed by atoms with Gasteiger partial charge in [-0.15, -0.1) is 0 Å². The molecule has 0 N–H and O–H groups in total. The highest BCUT2D eigenvalue weighted by molar-refractivity contribution is 6.05. The Hall–Kier alpha value is -4.96. The molecular weight excluding hydrogens is 440 g/mol. The third-order valence-electron chi connectivity index (χ3n) is 6.63. The van der Waals surface area contributed by atoms with E-state index in [1.54, 1.807) is 6.08 Å². The highest BCUT2D eigenvalue weighted by Crippen LogP contribution is 2.36. The van der Waals surface area contributed by atoms with Gasteiger partial charge in [-0.25, -0.2) is 9.97 Å². The van der Waals surface area contributed by atoms with Gasteiger partial charge in [0.1, 0.15) is 11.5 Å². The molecule has 0 saturated heterocycles. The molecule has 4 nitrogen and oxygen atoms in total. The van der Waals surface area contributed by atoms with Crippen molar-refractivity contribution >= 4 is 51.8 Å². The molecule has 172 valence electrons. The van der Waals surface area contributed by atoms with Crippen LogP contribution in [0.3, 0.4) is 0 Å². The van der Waals surface area contributed by atoms with Gasteiger partial charge < -0.3 is 0 Å². The number of imidazole rings is 2. The van der Waals surface area contributed by atoms with Crippen LogP contribution in [0.2, 0.25) is 0 Å². The van der Waals surface area contributed by atoms with Crippen molar-refractivity contribution in [1.82, 2.24) is 18.9 Å². The smallest absolute Gasteiger partial charge is 0.146 e. The number of hydrogen-bond acceptors (Lipinski definition) is 2. The summed E-state index contributed by atoms with van der Waals surface area (Å²) in [4.78, 5) is 9.93. The summed E-state index contributed by atoms with van der Waals surface area (Å²) in [6.45, 7) is 16.3. The number of aromatic nitrogens is 4. The average Bonchev–Trinajstić information content (AvgIpc) is 3.51. The summed E-state index contributed by atoms with van der Waals surface area (Å²) < 4.78 is 4.29. The van der Waals surface area contributed by atoms with Crippen LogP contribution in [0.5, 0.6) is 0 Å². The van der Waals surface area contributed by atoms with Crippen LogP contribution in [-0.2, 0) is 0 Å². The lowest BCUT2D eigenvalue weighted by Crippen LogP contribution is -2.01. The van der Waals surface area contributed by atoms with E-state index in [1.807, 2.05) is 54.6 Å². The van der Waals surface area contributed by atoms with Gasteiger partial charge in [0.2, 0.25) is 0 Å². The second-order valence-corrected chi connectivity index (χ2v) is 8.51. The Morgan fingerprint density at radius 1 is 0.667 bits per heavy atom. The predicted octanol–water partition coefficient (Wildman–Crippen LogP) is 8.07. The van der Waals surface area contributed by atoms with Crippen LogP contribution in [0, 0.1) is 0 Å². The first kappa shape index (κ1) is 21.6. The lowest BCUT2D eigenvalue weighted by Gasteiger charge is -2.14. The molecule has 0 spiro atoms. The maximum atomic E-state index is 4.97. The zero-order valence-corrected chi connectivity index (χ0v) is 19.9. The van der Waals surface area contributed by atoms with Crippen LogP contribution in [0.15, 0.2) is 99.1 Å². The lowest BCUT2D eigenvalue weighted by molar-refractivity contribution is 1.05. The number of pyridine rings is 1. The first-order valence-electron chi connectivity index (χ1n) is 11.7. The zero-order valence-electron chi connectivity index (χ0n) is 19.9. The molecule has 0 fully saturated rings. The Bertz CT molecular complexity index is 1850. The van der Waals surface area contributed by atoms with Gasteiger partial charge in [0.15, 0.2) is 0 Å². The second-order valence-electron chi connectivity index (χ2n) is 8.51. The van der Waals surface area contributed by atoms with E-state index in [2.05, 4.69) is 71.7 Å². The lowest BCUT2D eigenvalue weighted by atomic mass is 10.0. The number of para-hydroxylation sites is 3. The average molecular weight is 465 g/mol. The minimum absolute atomic E-state index is 0.787. The molecule has 3 aromatic carbocycles. The van der Waals surface area contributed by atoms with Crippen LogP contribution in [0.25, 0.3) is 68.8 Å². The zero-order chi connectivity index (χ0) is 24.8. The molecule has 3 aromatic heterocycles. The number of rotatable bonds is 6. The molecule has 36 heavy (non-hydrogen) atoms. The molecule has 0 bridgehead atoms. The Labute approximate surface area is 209 Å². The Morgan fingerprint density at radius 3 is 2.14 bits per heavy atom. The highest BCUT2D eigenvalue weighted by Gasteiger charge is 2.20. The molecule has 0 atom stereocenters. The number of fused-ring (bicyclic) bond motifs is 5. The van der Waals surface area contributed by atoms with Crippen molar-refractivity contribution in [3.63, 3.8) is 0 Å². The number of nitrogens with zero attached hydrogens (tertiary/aromatic N) is 4. The van der Waals surface area contributed by atoms with Crippen LogP contribution < -0.4 is 0 Å². The monoisotopic (exact) mass is 464 g/mol. The van der Waals surface area contributed by atoms with E-state index >= 15 is 0 Å². The summed E-state index contributed by atoms with van der Waals surface area (Å²) in [5, 5.41) is 2.09. The van der Waals surface area contributed by atoms with Crippen LogP contribution in [0.4, 0.5) is 0 Å². The maximum Gasteiger partial charge on any atom is 0.146 e. The van der Waals surface area contributed by atoms with E-state index in [-0.39, 0.29) is 0 Å². The Balaban J connectivity index is 1.72. The summed E-state index contributed by atoms with van der Waals surface area (Å²) in [6.07, 6.45) is 7.37. The molecule has 0 unspecified atom stereocenters. The molecule has 4 heteroatoms. The summed E-state index contributed by atoms with van der Waals surface area (Å²) >= 11 is 0. The standard InChI is InChI=1S/C32H24N4/c1-5-23-25-20-21(31-33-26(6-2)29(8-4)35(31)22-14-10-9-11-15-22)18-19-24(25)32-34-27-16-12-13-17-30(27)36(32)28(23)7-3/h5-20H,1-4H2. The van der Waals surface area contributed by atoms with Gasteiger partial charge in [0.05, 0.1) is 28.1 Å². The summed E-state index contributed by atoms with van der Waals surface area (Å²) in [6, 6.07) is 24.7. The molecule has 0 radical (unpaired) electrons. The van der Waals surface area contributed by atoms with Crippen LogP contribution in [-0.4, -0.2) is 18.9 Å². The Kier molecular flexibility index (Phi) is 5.01. The van der Waals surface area contributed by atoms with Crippen molar-refractivity contribution in [2.45, 2.75) is 0 Å². The van der Waals surface area contributed by atoms with Crippen molar-refractivity contribution < 1.29 is 0 Å². The van der Waals surface area contributed by atoms with E-state index in [0.717, 1.165) is 67.2 Å². The van der Waals surface area contributed by atoms with Gasteiger partial charge in [-0.1, -0.05) is 68.8 Å². The summed E-state index contributed by atoms with van der Waals surface area (Å²) in [5.74, 6) is 0.816. The topological polar surface area (TPSA) is 35.1 Å². The summed E-state index contributed by atoms with van der Waals surface area (Å²) in [5.41, 5.74) is 8.51. The van der Waals surface area contributed by atoms with E-state index < -0.39 is 0 Å². The number of hydrogen-bond donors (Lipinski definition) is 0. The molecule has 0 aliphatic heterocycles. The first-order valence-corrected chi connectivity index (χ1v) is 11.7. The number of benzene rings is 3. The predicted molar refractivity (Wildman–Crippen MR) is 153 cm³/mol. The van der Waals surface area contributed by atoms with Gasteiger partial charge in [0.25, 0.3) is 0 Å². The van der Waals surface area contributed by atoms with Crippen molar-refractivity contribution in [3.05, 3.63) is 122 Å². The fraction of sp³-hybridized carbons (Fsp3) is 0. The van der Waals surface area contributed by atoms with Crippen LogP contribution >= 0.6 is 0 Å². The molecule has 6 rings (SSSR count). The molecule has 6 aromatic rings. The van der Waals surface area contributed by atoms with E-state index in [4.69, 9.17) is 9.97 Å². The second kappa shape index (κ2) is 8.36. The maximum absolute atomic E-state index is 4.97. The minimum atomic E-state index is 0.787.